The summed E-state index contributed by atoms with van der Waals surface area (Å²) in [7, 11) is 0. The Labute approximate surface area is 153 Å². The third kappa shape index (κ3) is 2.77. The molecule has 2 aromatic heterocycles. The topological polar surface area (TPSA) is 30.2 Å². The first-order valence-electron chi connectivity index (χ1n) is 7.86. The highest BCUT2D eigenvalue weighted by Crippen LogP contribution is 2.31. The van der Waals surface area contributed by atoms with E-state index in [-0.39, 0.29) is 5.82 Å². The minimum absolute atomic E-state index is 0.300. The van der Waals surface area contributed by atoms with Crippen molar-refractivity contribution in [3.8, 4) is 0 Å². The van der Waals surface area contributed by atoms with Crippen LogP contribution in [0.25, 0.3) is 16.6 Å². The molecule has 6 heteroatoms. The van der Waals surface area contributed by atoms with Gasteiger partial charge in [-0.05, 0) is 43.2 Å². The van der Waals surface area contributed by atoms with Crippen molar-refractivity contribution in [3.63, 3.8) is 0 Å². The molecule has 3 nitrogen and oxygen atoms in total. The molecule has 4 rings (SSSR count). The van der Waals surface area contributed by atoms with Crippen LogP contribution >= 0.6 is 23.4 Å². The zero-order chi connectivity index (χ0) is 17.6. The van der Waals surface area contributed by atoms with E-state index in [1.165, 1.54) is 17.8 Å². The summed E-state index contributed by atoms with van der Waals surface area (Å²) in [6.07, 6.45) is 0. The van der Waals surface area contributed by atoms with E-state index in [9.17, 15) is 4.39 Å². The second-order valence-corrected chi connectivity index (χ2v) is 7.31. The number of fused-ring (bicyclic) bond motifs is 3. The number of rotatable bonds is 3. The van der Waals surface area contributed by atoms with Crippen LogP contribution in [0.15, 0.2) is 47.6 Å². The van der Waals surface area contributed by atoms with Crippen LogP contribution in [0.5, 0.6) is 0 Å². The predicted molar refractivity (Wildman–Crippen MR) is 101 cm³/mol. The maximum Gasteiger partial charge on any atom is 0.196 e. The van der Waals surface area contributed by atoms with Gasteiger partial charge in [-0.3, -0.25) is 4.40 Å². The smallest absolute Gasteiger partial charge is 0.196 e. The van der Waals surface area contributed by atoms with Crippen LogP contribution in [-0.4, -0.2) is 14.6 Å². The standard InChI is InChI=1S/C19H15ClFN3S/c1-11-5-3-6-13-12(2)9-17-22-23-19(24(17)18(11)13)25-10-14-15(20)7-4-8-16(14)21/h3-9H,10H2,1-2H3. The summed E-state index contributed by atoms with van der Waals surface area (Å²) in [5.41, 5.74) is 4.68. The highest BCUT2D eigenvalue weighted by atomic mass is 35.5. The average Bonchev–Trinajstić information content (AvgIpc) is 2.97. The molecule has 0 radical (unpaired) electrons. The van der Waals surface area contributed by atoms with E-state index in [1.54, 1.807) is 12.1 Å². The van der Waals surface area contributed by atoms with Crippen LogP contribution in [0.3, 0.4) is 0 Å². The normalized spacial score (nSPS) is 11.5. The maximum absolute atomic E-state index is 14.0. The number of aryl methyl sites for hydroxylation is 2. The van der Waals surface area contributed by atoms with Gasteiger partial charge >= 0.3 is 0 Å². The zero-order valence-electron chi connectivity index (χ0n) is 13.8. The highest BCUT2D eigenvalue weighted by Gasteiger charge is 2.15. The Kier molecular flexibility index (Phi) is 4.13. The SMILES string of the molecule is Cc1cc2nnc(SCc3c(F)cccc3Cl)n2c2c(C)cccc12. The Balaban J connectivity index is 1.84. The van der Waals surface area contributed by atoms with Gasteiger partial charge in [0.15, 0.2) is 10.8 Å². The number of halogens is 2. The molecule has 2 aromatic carbocycles. The Hall–Kier alpha value is -2.11. The third-order valence-electron chi connectivity index (χ3n) is 4.30. The van der Waals surface area contributed by atoms with Crippen molar-refractivity contribution in [2.75, 3.05) is 0 Å². The summed E-state index contributed by atoms with van der Waals surface area (Å²) < 4.78 is 16.1. The van der Waals surface area contributed by atoms with Gasteiger partial charge in [0, 0.05) is 21.7 Å². The summed E-state index contributed by atoms with van der Waals surface area (Å²) in [4.78, 5) is 0. The lowest BCUT2D eigenvalue weighted by Gasteiger charge is -2.10. The lowest BCUT2D eigenvalue weighted by atomic mass is 10.1. The van der Waals surface area contributed by atoms with Crippen molar-refractivity contribution in [1.82, 2.24) is 14.6 Å². The molecule has 0 N–H and O–H groups in total. The number of hydrogen-bond donors (Lipinski definition) is 0. The monoisotopic (exact) mass is 371 g/mol. The molecule has 126 valence electrons. The first-order chi connectivity index (χ1) is 12.1. The predicted octanol–water partition coefficient (Wildman–Crippen LogP) is 5.58. The second-order valence-electron chi connectivity index (χ2n) is 5.96. The van der Waals surface area contributed by atoms with Crippen LogP contribution in [0.4, 0.5) is 4.39 Å². The van der Waals surface area contributed by atoms with E-state index in [2.05, 4.69) is 36.2 Å². The minimum Gasteiger partial charge on any atom is -0.270 e. The van der Waals surface area contributed by atoms with Gasteiger partial charge in [0.1, 0.15) is 5.82 Å². The largest absolute Gasteiger partial charge is 0.270 e. The summed E-state index contributed by atoms with van der Waals surface area (Å²) in [6, 6.07) is 13.0. The van der Waals surface area contributed by atoms with Gasteiger partial charge in [0.25, 0.3) is 0 Å². The first kappa shape index (κ1) is 16.4. The number of thioether (sulfide) groups is 1. The maximum atomic E-state index is 14.0. The summed E-state index contributed by atoms with van der Waals surface area (Å²) in [5, 5.41) is 10.9. The molecule has 4 aromatic rings. The fourth-order valence-electron chi connectivity index (χ4n) is 3.03. The molecule has 2 heterocycles. The number of para-hydroxylation sites is 1. The van der Waals surface area contributed by atoms with Crippen LogP contribution in [-0.2, 0) is 5.75 Å². The summed E-state index contributed by atoms with van der Waals surface area (Å²) in [5.74, 6) is 0.0961. The van der Waals surface area contributed by atoms with Crippen molar-refractivity contribution in [1.29, 1.82) is 0 Å². The Morgan fingerprint density at radius 1 is 1.08 bits per heavy atom. The van der Waals surface area contributed by atoms with Crippen LogP contribution in [0, 0.1) is 19.7 Å². The van der Waals surface area contributed by atoms with E-state index in [1.807, 2.05) is 16.5 Å². The van der Waals surface area contributed by atoms with Crippen LogP contribution in [0.2, 0.25) is 5.02 Å². The zero-order valence-corrected chi connectivity index (χ0v) is 15.3. The molecule has 0 saturated heterocycles. The molecule has 0 spiro atoms. The molecule has 0 aliphatic heterocycles. The van der Waals surface area contributed by atoms with Gasteiger partial charge in [-0.1, -0.05) is 47.6 Å². The van der Waals surface area contributed by atoms with E-state index in [0.717, 1.165) is 32.8 Å². The molecule has 0 bridgehead atoms. The molecule has 0 amide bonds. The highest BCUT2D eigenvalue weighted by molar-refractivity contribution is 7.98. The molecule has 25 heavy (non-hydrogen) atoms. The third-order valence-corrected chi connectivity index (χ3v) is 5.61. The number of pyridine rings is 1. The molecular weight excluding hydrogens is 357 g/mol. The van der Waals surface area contributed by atoms with Gasteiger partial charge in [-0.2, -0.15) is 0 Å². The Bertz CT molecular complexity index is 1090. The van der Waals surface area contributed by atoms with E-state index in [0.29, 0.717) is 16.3 Å². The van der Waals surface area contributed by atoms with Crippen molar-refractivity contribution < 1.29 is 4.39 Å². The van der Waals surface area contributed by atoms with E-state index < -0.39 is 0 Å². The van der Waals surface area contributed by atoms with Gasteiger partial charge in [0.05, 0.1) is 5.52 Å². The molecule has 0 aliphatic rings. The molecule has 0 fully saturated rings. The molecule has 0 atom stereocenters. The van der Waals surface area contributed by atoms with Gasteiger partial charge < -0.3 is 0 Å². The summed E-state index contributed by atoms with van der Waals surface area (Å²) >= 11 is 7.57. The Morgan fingerprint density at radius 3 is 2.68 bits per heavy atom. The molecule has 0 unspecified atom stereocenters. The molecule has 0 aliphatic carbocycles. The van der Waals surface area contributed by atoms with Gasteiger partial charge in [-0.15, -0.1) is 10.2 Å². The number of hydrogen-bond acceptors (Lipinski definition) is 3. The quantitative estimate of drug-likeness (QED) is 0.440. The van der Waals surface area contributed by atoms with Crippen molar-refractivity contribution in [2.45, 2.75) is 24.8 Å². The molecule has 0 saturated carbocycles. The van der Waals surface area contributed by atoms with Gasteiger partial charge in [0.2, 0.25) is 0 Å². The second kappa shape index (κ2) is 6.32. The van der Waals surface area contributed by atoms with E-state index in [4.69, 9.17) is 11.6 Å². The van der Waals surface area contributed by atoms with Gasteiger partial charge in [-0.25, -0.2) is 4.39 Å². The summed E-state index contributed by atoms with van der Waals surface area (Å²) in [6.45, 7) is 4.14. The van der Waals surface area contributed by atoms with Crippen LogP contribution in [0.1, 0.15) is 16.7 Å². The lowest BCUT2D eigenvalue weighted by Crippen LogP contribution is -1.96. The van der Waals surface area contributed by atoms with Crippen molar-refractivity contribution in [3.05, 3.63) is 70.0 Å². The average molecular weight is 372 g/mol. The number of nitrogens with zero attached hydrogens (tertiary/aromatic N) is 3. The fraction of sp³-hybridized carbons (Fsp3) is 0.158. The van der Waals surface area contributed by atoms with Crippen molar-refractivity contribution >= 4 is 39.9 Å². The fourth-order valence-corrected chi connectivity index (χ4v) is 4.32. The van der Waals surface area contributed by atoms with E-state index >= 15 is 0 Å². The van der Waals surface area contributed by atoms with Crippen molar-refractivity contribution in [2.24, 2.45) is 0 Å². The Morgan fingerprint density at radius 2 is 1.88 bits per heavy atom. The van der Waals surface area contributed by atoms with Crippen LogP contribution < -0.4 is 0 Å². The minimum atomic E-state index is -0.300. The lowest BCUT2D eigenvalue weighted by molar-refractivity contribution is 0.617. The number of aromatic nitrogens is 3. The number of benzene rings is 2. The molecular formula is C19H15ClFN3S. The first-order valence-corrected chi connectivity index (χ1v) is 9.22.